The number of hydrogen-bond donors (Lipinski definition) is 1. The largest absolute Gasteiger partial charge is 0.493 e. The number of hydrogen-bond acceptors (Lipinski definition) is 6. The summed E-state index contributed by atoms with van der Waals surface area (Å²) < 4.78 is 21.7. The average molecular weight is 441 g/mol. The normalized spacial score (nSPS) is 13.6. The Morgan fingerprint density at radius 3 is 2.61 bits per heavy atom. The van der Waals surface area contributed by atoms with Crippen LogP contribution in [0.3, 0.4) is 0 Å². The Morgan fingerprint density at radius 1 is 0.970 bits per heavy atom. The van der Waals surface area contributed by atoms with E-state index >= 15 is 0 Å². The van der Waals surface area contributed by atoms with E-state index in [9.17, 15) is 9.59 Å². The van der Waals surface area contributed by atoms with Gasteiger partial charge in [-0.05, 0) is 42.5 Å². The van der Waals surface area contributed by atoms with Crippen molar-refractivity contribution in [3.63, 3.8) is 0 Å². The van der Waals surface area contributed by atoms with E-state index in [0.29, 0.717) is 28.4 Å². The van der Waals surface area contributed by atoms with Crippen molar-refractivity contribution in [1.82, 2.24) is 4.98 Å². The monoisotopic (exact) mass is 441 g/mol. The highest BCUT2D eigenvalue weighted by Gasteiger charge is 2.28. The molecule has 0 amide bonds. The number of carbonyl (C=O) groups excluding carboxylic acids is 2. The maximum absolute atomic E-state index is 12.8. The molecule has 0 bridgehead atoms. The molecule has 1 N–H and O–H groups in total. The van der Waals surface area contributed by atoms with Gasteiger partial charge in [-0.2, -0.15) is 0 Å². The van der Waals surface area contributed by atoms with Gasteiger partial charge in [0, 0.05) is 28.7 Å². The summed E-state index contributed by atoms with van der Waals surface area (Å²) in [5, 5.41) is 0.988. The molecule has 7 heteroatoms. The van der Waals surface area contributed by atoms with E-state index in [2.05, 4.69) is 4.98 Å². The van der Waals surface area contributed by atoms with Crippen molar-refractivity contribution >= 4 is 28.7 Å². The summed E-state index contributed by atoms with van der Waals surface area (Å²) in [5.41, 5.74) is 2.52. The molecule has 0 fully saturated rings. The second kappa shape index (κ2) is 8.20. The number of para-hydroxylation sites is 1. The molecule has 0 atom stereocenters. The van der Waals surface area contributed by atoms with Crippen LogP contribution in [-0.4, -0.2) is 31.0 Å². The summed E-state index contributed by atoms with van der Waals surface area (Å²) in [6.45, 7) is 0. The number of carbonyl (C=O) groups is 2. The highest BCUT2D eigenvalue weighted by molar-refractivity contribution is 6.15. The van der Waals surface area contributed by atoms with Crippen LogP contribution in [-0.2, 0) is 0 Å². The Labute approximate surface area is 189 Å². The third kappa shape index (κ3) is 3.70. The molecule has 0 saturated carbocycles. The molecule has 164 valence electrons. The molecular formula is C26H19NO6. The van der Waals surface area contributed by atoms with Crippen molar-refractivity contribution in [2.45, 2.75) is 0 Å². The number of rotatable bonds is 5. The molecular weight excluding hydrogens is 422 g/mol. The number of aromatic nitrogens is 1. The number of allylic oxidation sites excluding steroid dienone is 1. The van der Waals surface area contributed by atoms with E-state index in [-0.39, 0.29) is 17.3 Å². The average Bonchev–Trinajstić information content (AvgIpc) is 3.39. The number of methoxy groups -OCH3 is 2. The number of fused-ring (bicyclic) bond motifs is 2. The molecule has 0 spiro atoms. The maximum atomic E-state index is 12.8. The predicted molar refractivity (Wildman–Crippen MR) is 122 cm³/mol. The second-order valence-electron chi connectivity index (χ2n) is 7.35. The van der Waals surface area contributed by atoms with Gasteiger partial charge in [-0.3, -0.25) is 4.79 Å². The van der Waals surface area contributed by atoms with Gasteiger partial charge in [-0.25, -0.2) is 4.79 Å². The van der Waals surface area contributed by atoms with Gasteiger partial charge in [-0.1, -0.05) is 18.2 Å². The lowest BCUT2D eigenvalue weighted by Crippen LogP contribution is -2.09. The molecule has 33 heavy (non-hydrogen) atoms. The van der Waals surface area contributed by atoms with Crippen molar-refractivity contribution in [3.8, 4) is 23.0 Å². The number of benzene rings is 3. The van der Waals surface area contributed by atoms with Crippen LogP contribution in [0.25, 0.3) is 17.0 Å². The topological polar surface area (TPSA) is 86.9 Å². The molecule has 1 aromatic heterocycles. The summed E-state index contributed by atoms with van der Waals surface area (Å²) in [7, 11) is 3.01. The Morgan fingerprint density at radius 2 is 1.79 bits per heavy atom. The molecule has 0 saturated heterocycles. The first-order valence-corrected chi connectivity index (χ1v) is 10.2. The van der Waals surface area contributed by atoms with Crippen LogP contribution in [0.5, 0.6) is 23.0 Å². The second-order valence-corrected chi connectivity index (χ2v) is 7.35. The van der Waals surface area contributed by atoms with Gasteiger partial charge in [0.2, 0.25) is 5.78 Å². The summed E-state index contributed by atoms with van der Waals surface area (Å²) in [6.07, 6.45) is 3.53. The number of H-pyrrole nitrogens is 1. The molecule has 1 aliphatic rings. The number of nitrogens with one attached hydrogen (secondary N) is 1. The van der Waals surface area contributed by atoms with E-state index in [1.165, 1.54) is 26.4 Å². The Kier molecular flexibility index (Phi) is 5.06. The first-order chi connectivity index (χ1) is 16.1. The van der Waals surface area contributed by atoms with Crippen molar-refractivity contribution in [2.75, 3.05) is 14.2 Å². The fourth-order valence-corrected chi connectivity index (χ4v) is 3.71. The number of Topliss-reactive ketones (excluding diaryl/α,β-unsaturated/α-hetero) is 1. The van der Waals surface area contributed by atoms with Gasteiger partial charge in [0.1, 0.15) is 11.5 Å². The Bertz CT molecular complexity index is 1430. The first-order valence-electron chi connectivity index (χ1n) is 10.2. The molecule has 0 radical (unpaired) electrons. The predicted octanol–water partition coefficient (Wildman–Crippen LogP) is 5.02. The Balaban J connectivity index is 1.38. The molecule has 2 heterocycles. The molecule has 4 aromatic rings. The van der Waals surface area contributed by atoms with Gasteiger partial charge in [0.05, 0.1) is 25.3 Å². The van der Waals surface area contributed by atoms with Crippen LogP contribution in [0.4, 0.5) is 0 Å². The summed E-state index contributed by atoms with van der Waals surface area (Å²) in [5.74, 6) is 0.925. The molecule has 3 aromatic carbocycles. The Hall–Kier alpha value is -4.52. The third-order valence-electron chi connectivity index (χ3n) is 5.38. The summed E-state index contributed by atoms with van der Waals surface area (Å²) in [4.78, 5) is 28.6. The number of aromatic amines is 1. The fraction of sp³-hybridized carbons (Fsp3) is 0.0769. The van der Waals surface area contributed by atoms with Crippen LogP contribution >= 0.6 is 0 Å². The van der Waals surface area contributed by atoms with E-state index in [1.54, 1.807) is 30.3 Å². The molecule has 5 rings (SSSR count). The molecule has 1 aliphatic heterocycles. The van der Waals surface area contributed by atoms with Crippen LogP contribution in [0, 0.1) is 0 Å². The third-order valence-corrected chi connectivity index (χ3v) is 5.38. The highest BCUT2D eigenvalue weighted by atomic mass is 16.5. The molecule has 0 unspecified atom stereocenters. The van der Waals surface area contributed by atoms with Crippen LogP contribution in [0.2, 0.25) is 0 Å². The lowest BCUT2D eigenvalue weighted by atomic mass is 10.1. The van der Waals surface area contributed by atoms with E-state index in [4.69, 9.17) is 18.9 Å². The van der Waals surface area contributed by atoms with Crippen LogP contribution in [0.1, 0.15) is 26.3 Å². The van der Waals surface area contributed by atoms with Gasteiger partial charge in [0.15, 0.2) is 17.3 Å². The SMILES string of the molecule is COc1ccc(C(=O)Oc2ccc3c(c2)OC(=Cc2c[nH]c4ccccc24)C3=O)cc1OC. The lowest BCUT2D eigenvalue weighted by molar-refractivity contribution is 0.0734. The first kappa shape index (κ1) is 20.4. The zero-order valence-corrected chi connectivity index (χ0v) is 17.9. The zero-order chi connectivity index (χ0) is 22.9. The van der Waals surface area contributed by atoms with E-state index in [0.717, 1.165) is 16.5 Å². The lowest BCUT2D eigenvalue weighted by Gasteiger charge is -2.09. The summed E-state index contributed by atoms with van der Waals surface area (Å²) in [6, 6.07) is 17.2. The van der Waals surface area contributed by atoms with Gasteiger partial charge < -0.3 is 23.9 Å². The minimum absolute atomic E-state index is 0.207. The van der Waals surface area contributed by atoms with E-state index < -0.39 is 5.97 Å². The molecule has 7 nitrogen and oxygen atoms in total. The summed E-state index contributed by atoms with van der Waals surface area (Å²) >= 11 is 0. The van der Waals surface area contributed by atoms with Crippen molar-refractivity contribution in [1.29, 1.82) is 0 Å². The van der Waals surface area contributed by atoms with Gasteiger partial charge in [0.25, 0.3) is 0 Å². The minimum Gasteiger partial charge on any atom is -0.493 e. The fourth-order valence-electron chi connectivity index (χ4n) is 3.71. The highest BCUT2D eigenvalue weighted by Crippen LogP contribution is 2.36. The zero-order valence-electron chi connectivity index (χ0n) is 17.9. The number of esters is 1. The van der Waals surface area contributed by atoms with Crippen molar-refractivity contribution in [3.05, 3.63) is 89.3 Å². The quantitative estimate of drug-likeness (QED) is 0.266. The van der Waals surface area contributed by atoms with Crippen LogP contribution < -0.4 is 18.9 Å². The van der Waals surface area contributed by atoms with Crippen molar-refractivity contribution < 1.29 is 28.5 Å². The number of ketones is 1. The standard InChI is InChI=1S/C26H19NO6/c1-30-21-10-7-15(11-23(21)31-2)26(29)32-17-8-9-19-22(13-17)33-24(25(19)28)12-16-14-27-20-6-4-3-5-18(16)20/h3-14,27H,1-2H3. The van der Waals surface area contributed by atoms with E-state index in [1.807, 2.05) is 30.5 Å². The number of ether oxygens (including phenoxy) is 4. The van der Waals surface area contributed by atoms with Gasteiger partial charge in [-0.15, -0.1) is 0 Å². The maximum Gasteiger partial charge on any atom is 0.343 e. The molecule has 0 aliphatic carbocycles. The van der Waals surface area contributed by atoms with Crippen LogP contribution in [0.15, 0.2) is 72.6 Å². The smallest absolute Gasteiger partial charge is 0.343 e. The van der Waals surface area contributed by atoms with Crippen molar-refractivity contribution in [2.24, 2.45) is 0 Å². The minimum atomic E-state index is -0.574. The van der Waals surface area contributed by atoms with Gasteiger partial charge >= 0.3 is 5.97 Å².